The van der Waals surface area contributed by atoms with E-state index in [9.17, 15) is 18.0 Å². The van der Waals surface area contributed by atoms with Crippen molar-refractivity contribution in [1.29, 1.82) is 0 Å². The van der Waals surface area contributed by atoms with Gasteiger partial charge in [-0.1, -0.05) is 6.42 Å². The predicted octanol–water partition coefficient (Wildman–Crippen LogP) is 0.212. The minimum Gasteiger partial charge on any atom is -0.466 e. The van der Waals surface area contributed by atoms with E-state index in [-0.39, 0.29) is 24.8 Å². The van der Waals surface area contributed by atoms with E-state index in [2.05, 4.69) is 0 Å². The monoisotopic (exact) mass is 320 g/mol. The zero-order valence-corrected chi connectivity index (χ0v) is 13.7. The van der Waals surface area contributed by atoms with E-state index in [0.717, 1.165) is 19.1 Å². The summed E-state index contributed by atoms with van der Waals surface area (Å²) >= 11 is 0. The first kappa shape index (κ1) is 17.9. The normalized spacial score (nSPS) is 20.0. The van der Waals surface area contributed by atoms with E-state index in [1.807, 2.05) is 0 Å². The van der Waals surface area contributed by atoms with Gasteiger partial charge < -0.3 is 9.64 Å². The van der Waals surface area contributed by atoms with E-state index in [1.165, 1.54) is 9.21 Å². The maximum absolute atomic E-state index is 12.4. The molecule has 0 aromatic heterocycles. The highest BCUT2D eigenvalue weighted by molar-refractivity contribution is 7.88. The zero-order valence-electron chi connectivity index (χ0n) is 12.9. The van der Waals surface area contributed by atoms with Crippen molar-refractivity contribution in [3.8, 4) is 0 Å². The average Bonchev–Trinajstić information content (AvgIpc) is 2.43. The third-order valence-electron chi connectivity index (χ3n) is 3.50. The van der Waals surface area contributed by atoms with Gasteiger partial charge in [-0.25, -0.2) is 8.42 Å². The van der Waals surface area contributed by atoms with Gasteiger partial charge in [-0.3, -0.25) is 9.59 Å². The van der Waals surface area contributed by atoms with Crippen molar-refractivity contribution in [1.82, 2.24) is 9.21 Å². The van der Waals surface area contributed by atoms with E-state index in [4.69, 9.17) is 4.74 Å². The molecule has 1 aliphatic heterocycles. The second kappa shape index (κ2) is 7.74. The fraction of sp³-hybridized carbons (Fsp3) is 0.846. The highest BCUT2D eigenvalue weighted by Gasteiger charge is 2.35. The summed E-state index contributed by atoms with van der Waals surface area (Å²) in [5.74, 6) is -0.620. The van der Waals surface area contributed by atoms with Gasteiger partial charge >= 0.3 is 5.97 Å². The lowest BCUT2D eigenvalue weighted by atomic mass is 10.0. The Hall–Kier alpha value is -1.15. The molecule has 0 aromatic carbocycles. The molecule has 1 rings (SSSR count). The molecule has 0 bridgehead atoms. The van der Waals surface area contributed by atoms with E-state index < -0.39 is 16.1 Å². The summed E-state index contributed by atoms with van der Waals surface area (Å²) in [5, 5.41) is 0. The van der Waals surface area contributed by atoms with Crippen molar-refractivity contribution in [3.63, 3.8) is 0 Å². The first-order valence-electron chi connectivity index (χ1n) is 7.14. The van der Waals surface area contributed by atoms with E-state index in [0.29, 0.717) is 19.6 Å². The van der Waals surface area contributed by atoms with Gasteiger partial charge in [0.15, 0.2) is 0 Å². The van der Waals surface area contributed by atoms with Crippen molar-refractivity contribution in [3.05, 3.63) is 0 Å². The molecule has 1 atom stereocenters. The number of hydrogen-bond donors (Lipinski definition) is 0. The fourth-order valence-electron chi connectivity index (χ4n) is 2.41. The Balaban J connectivity index is 2.64. The van der Waals surface area contributed by atoms with Crippen molar-refractivity contribution < 1.29 is 22.7 Å². The number of rotatable bonds is 6. The standard InChI is InChI=1S/C13H24N2O5S/c1-4-20-12(16)8-10-14(2)13(17)11-7-5-6-9-15(11)21(3,18)19/h11H,4-10H2,1-3H3. The van der Waals surface area contributed by atoms with Crippen molar-refractivity contribution >= 4 is 21.9 Å². The molecule has 1 unspecified atom stereocenters. The second-order valence-electron chi connectivity index (χ2n) is 5.20. The summed E-state index contributed by atoms with van der Waals surface area (Å²) in [4.78, 5) is 25.1. The molecule has 0 spiro atoms. The third-order valence-corrected chi connectivity index (χ3v) is 4.79. The number of nitrogens with zero attached hydrogens (tertiary/aromatic N) is 2. The van der Waals surface area contributed by atoms with Crippen LogP contribution in [0.4, 0.5) is 0 Å². The number of esters is 1. The topological polar surface area (TPSA) is 84.0 Å². The summed E-state index contributed by atoms with van der Waals surface area (Å²) in [7, 11) is -1.82. The molecule has 0 aromatic rings. The zero-order chi connectivity index (χ0) is 16.0. The third kappa shape index (κ3) is 5.28. The Kier molecular flexibility index (Phi) is 6.60. The second-order valence-corrected chi connectivity index (χ2v) is 7.14. The number of carbonyl (C=O) groups is 2. The molecule has 1 aliphatic rings. The van der Waals surface area contributed by atoms with Crippen molar-refractivity contribution in [2.75, 3.05) is 33.0 Å². The summed E-state index contributed by atoms with van der Waals surface area (Å²) < 4.78 is 29.6. The Labute approximate surface area is 126 Å². The Morgan fingerprint density at radius 3 is 2.57 bits per heavy atom. The van der Waals surface area contributed by atoms with Crippen LogP contribution in [0.5, 0.6) is 0 Å². The van der Waals surface area contributed by atoms with Crippen LogP contribution >= 0.6 is 0 Å². The van der Waals surface area contributed by atoms with E-state index in [1.54, 1.807) is 14.0 Å². The average molecular weight is 320 g/mol. The minimum absolute atomic E-state index is 0.113. The van der Waals surface area contributed by atoms with Gasteiger partial charge in [-0.05, 0) is 19.8 Å². The van der Waals surface area contributed by atoms with Crippen LogP contribution in [-0.2, 0) is 24.3 Å². The number of hydrogen-bond acceptors (Lipinski definition) is 5. The first-order valence-corrected chi connectivity index (χ1v) is 8.99. The Morgan fingerprint density at radius 1 is 1.33 bits per heavy atom. The number of piperidine rings is 1. The maximum Gasteiger partial charge on any atom is 0.307 e. The number of ether oxygens (including phenoxy) is 1. The maximum atomic E-state index is 12.4. The van der Waals surface area contributed by atoms with Crippen LogP contribution in [0.25, 0.3) is 0 Å². The molecule has 1 heterocycles. The smallest absolute Gasteiger partial charge is 0.307 e. The Morgan fingerprint density at radius 2 is 2.00 bits per heavy atom. The lowest BCUT2D eigenvalue weighted by Crippen LogP contribution is -2.52. The van der Waals surface area contributed by atoms with Crippen LogP contribution < -0.4 is 0 Å². The van der Waals surface area contributed by atoms with Crippen molar-refractivity contribution in [2.24, 2.45) is 0 Å². The summed E-state index contributed by atoms with van der Waals surface area (Å²) in [6, 6.07) is -0.652. The molecule has 122 valence electrons. The van der Waals surface area contributed by atoms with Crippen LogP contribution in [0.2, 0.25) is 0 Å². The van der Waals surface area contributed by atoms with Crippen LogP contribution in [0.15, 0.2) is 0 Å². The predicted molar refractivity (Wildman–Crippen MR) is 78.1 cm³/mol. The summed E-state index contributed by atoms with van der Waals surface area (Å²) in [6.07, 6.45) is 3.35. The Bertz CT molecular complexity index is 477. The summed E-state index contributed by atoms with van der Waals surface area (Å²) in [6.45, 7) is 2.63. The highest BCUT2D eigenvalue weighted by atomic mass is 32.2. The van der Waals surface area contributed by atoms with Gasteiger partial charge in [-0.2, -0.15) is 4.31 Å². The van der Waals surface area contributed by atoms with Crippen LogP contribution in [-0.4, -0.2) is 68.5 Å². The molecule has 1 amide bonds. The molecule has 0 N–H and O–H groups in total. The first-order chi connectivity index (χ1) is 9.77. The quantitative estimate of drug-likeness (QED) is 0.653. The van der Waals surface area contributed by atoms with Crippen LogP contribution in [0.3, 0.4) is 0 Å². The molecule has 0 aliphatic carbocycles. The SMILES string of the molecule is CCOC(=O)CCN(C)C(=O)C1CCCCN1S(C)(=O)=O. The van der Waals surface area contributed by atoms with Crippen LogP contribution in [0.1, 0.15) is 32.6 Å². The summed E-state index contributed by atoms with van der Waals surface area (Å²) in [5.41, 5.74) is 0. The van der Waals surface area contributed by atoms with Crippen molar-refractivity contribution in [2.45, 2.75) is 38.6 Å². The number of sulfonamides is 1. The molecular weight excluding hydrogens is 296 g/mol. The fourth-order valence-corrected chi connectivity index (χ4v) is 3.52. The molecule has 21 heavy (non-hydrogen) atoms. The van der Waals surface area contributed by atoms with Crippen LogP contribution in [0, 0.1) is 0 Å². The van der Waals surface area contributed by atoms with Gasteiger partial charge in [0.1, 0.15) is 6.04 Å². The number of likely N-dealkylation sites (N-methyl/N-ethyl adjacent to an activating group) is 1. The molecule has 1 fully saturated rings. The van der Waals surface area contributed by atoms with Gasteiger partial charge in [0, 0.05) is 20.1 Å². The lowest BCUT2D eigenvalue weighted by molar-refractivity contribution is -0.144. The van der Waals surface area contributed by atoms with E-state index >= 15 is 0 Å². The minimum atomic E-state index is -3.40. The molecule has 7 nitrogen and oxygen atoms in total. The largest absolute Gasteiger partial charge is 0.466 e. The van der Waals surface area contributed by atoms with Gasteiger partial charge in [0.2, 0.25) is 15.9 Å². The van der Waals surface area contributed by atoms with Gasteiger partial charge in [-0.15, -0.1) is 0 Å². The lowest BCUT2D eigenvalue weighted by Gasteiger charge is -2.34. The molecule has 0 radical (unpaired) electrons. The number of amides is 1. The molecule has 0 saturated carbocycles. The highest BCUT2D eigenvalue weighted by Crippen LogP contribution is 2.21. The molecular formula is C13H24N2O5S. The molecule has 1 saturated heterocycles. The molecule has 8 heteroatoms. The van der Waals surface area contributed by atoms with Gasteiger partial charge in [0.05, 0.1) is 19.3 Å². The number of carbonyl (C=O) groups excluding carboxylic acids is 2. The van der Waals surface area contributed by atoms with Gasteiger partial charge in [0.25, 0.3) is 0 Å².